The average Bonchev–Trinajstić information content (AvgIpc) is 3.35. The van der Waals surface area contributed by atoms with Gasteiger partial charge in [-0.2, -0.15) is 0 Å². The molecule has 4 heterocycles. The molecule has 0 unspecified atom stereocenters. The van der Waals surface area contributed by atoms with Crippen molar-refractivity contribution >= 4 is 23.0 Å². The van der Waals surface area contributed by atoms with Crippen molar-refractivity contribution in [3.8, 4) is 0 Å². The highest BCUT2D eigenvalue weighted by Gasteiger charge is 2.56. The molecule has 2 saturated heterocycles. The lowest BCUT2D eigenvalue weighted by Crippen LogP contribution is -2.38. The van der Waals surface area contributed by atoms with Crippen LogP contribution in [-0.2, 0) is 23.7 Å². The highest BCUT2D eigenvalue weighted by atomic mass is 16.8. The van der Waals surface area contributed by atoms with Crippen LogP contribution >= 0.6 is 0 Å². The first-order valence-corrected chi connectivity index (χ1v) is 11.3. The molecule has 0 amide bonds. The van der Waals surface area contributed by atoms with Gasteiger partial charge in [-0.3, -0.25) is 9.36 Å². The lowest BCUT2D eigenvalue weighted by molar-refractivity contribution is -0.195. The molecular formula is C22H34N6O5. The Kier molecular flexibility index (Phi) is 6.34. The summed E-state index contributed by atoms with van der Waals surface area (Å²) in [6.45, 7) is 12.5. The van der Waals surface area contributed by atoms with E-state index in [0.29, 0.717) is 36.5 Å². The number of hydrogen-bond acceptors (Lipinski definition) is 10. The fourth-order valence-corrected chi connectivity index (χ4v) is 4.19. The minimum absolute atomic E-state index is 0.191. The summed E-state index contributed by atoms with van der Waals surface area (Å²) in [5, 5.41) is 3.39. The Balaban J connectivity index is 1.40. The van der Waals surface area contributed by atoms with E-state index in [-0.39, 0.29) is 30.2 Å². The number of imidazole rings is 1. The fourth-order valence-electron chi connectivity index (χ4n) is 4.19. The molecule has 0 radical (unpaired) electrons. The number of ether oxygens (including phenoxy) is 4. The Morgan fingerprint density at radius 3 is 2.73 bits per heavy atom. The van der Waals surface area contributed by atoms with Gasteiger partial charge in [0.25, 0.3) is 0 Å². The van der Waals surface area contributed by atoms with Crippen molar-refractivity contribution in [3.63, 3.8) is 0 Å². The predicted molar refractivity (Wildman–Crippen MR) is 120 cm³/mol. The van der Waals surface area contributed by atoms with Crippen LogP contribution in [0.15, 0.2) is 12.7 Å². The number of fused-ring (bicyclic) bond motifs is 2. The molecule has 5 atom stereocenters. The molecular weight excluding hydrogens is 428 g/mol. The third-order valence-electron chi connectivity index (χ3n) is 5.70. The predicted octanol–water partition coefficient (Wildman–Crippen LogP) is 1.78. The third kappa shape index (κ3) is 5.11. The molecule has 2 fully saturated rings. The molecule has 0 aromatic carbocycles. The highest BCUT2D eigenvalue weighted by Crippen LogP contribution is 2.43. The standard InChI is InChI=1S/C22H34N6O5/c1-12(20(29)33-21(2,3)4)7-8-24-9-13-15-16(32-22(5,6)31-15)19(30-13)28-11-27-14-17(23)25-10-26-18(14)28/h10-13,15-16,19,24H,7-9H2,1-6H3,(H2,23,25,26)/t12-,13+,15+,16+,19+/m0/s1. The van der Waals surface area contributed by atoms with Gasteiger partial charge in [0.05, 0.1) is 12.2 Å². The van der Waals surface area contributed by atoms with Crippen LogP contribution in [0.1, 0.15) is 54.2 Å². The van der Waals surface area contributed by atoms with Gasteiger partial charge in [-0.15, -0.1) is 0 Å². The van der Waals surface area contributed by atoms with E-state index in [0.717, 1.165) is 0 Å². The van der Waals surface area contributed by atoms with Crippen LogP contribution in [0, 0.1) is 5.92 Å². The van der Waals surface area contributed by atoms with E-state index < -0.39 is 17.6 Å². The number of carbonyl (C=O) groups is 1. The quantitative estimate of drug-likeness (QED) is 0.463. The fraction of sp³-hybridized carbons (Fsp3) is 0.727. The van der Waals surface area contributed by atoms with Gasteiger partial charge < -0.3 is 30.0 Å². The summed E-state index contributed by atoms with van der Waals surface area (Å²) in [5.41, 5.74) is 6.56. The van der Waals surface area contributed by atoms with E-state index in [1.165, 1.54) is 6.33 Å². The molecule has 0 bridgehead atoms. The number of nitrogens with one attached hydrogen (secondary N) is 1. The monoisotopic (exact) mass is 462 g/mol. The van der Waals surface area contributed by atoms with Crippen LogP contribution in [0.4, 0.5) is 5.82 Å². The summed E-state index contributed by atoms with van der Waals surface area (Å²) in [6.07, 6.45) is 2.38. The van der Waals surface area contributed by atoms with Gasteiger partial charge in [-0.05, 0) is 47.6 Å². The summed E-state index contributed by atoms with van der Waals surface area (Å²) in [4.78, 5) is 24.9. The Bertz CT molecular complexity index is 1000. The second kappa shape index (κ2) is 8.79. The zero-order chi connectivity index (χ0) is 24.0. The first-order chi connectivity index (χ1) is 15.5. The maximum atomic E-state index is 12.2. The van der Waals surface area contributed by atoms with Gasteiger partial charge in [-0.25, -0.2) is 15.0 Å². The molecule has 0 saturated carbocycles. The molecule has 4 rings (SSSR count). The maximum absolute atomic E-state index is 12.2. The molecule has 3 N–H and O–H groups in total. The number of hydrogen-bond donors (Lipinski definition) is 2. The van der Waals surface area contributed by atoms with E-state index >= 15 is 0 Å². The zero-order valence-corrected chi connectivity index (χ0v) is 20.1. The van der Waals surface area contributed by atoms with Crippen molar-refractivity contribution in [1.82, 2.24) is 24.8 Å². The van der Waals surface area contributed by atoms with E-state index in [2.05, 4.69) is 20.3 Å². The van der Waals surface area contributed by atoms with Crippen LogP contribution < -0.4 is 11.1 Å². The van der Waals surface area contributed by atoms with Gasteiger partial charge in [0.1, 0.15) is 35.8 Å². The molecule has 11 heteroatoms. The summed E-state index contributed by atoms with van der Waals surface area (Å²) in [6, 6.07) is 0. The van der Waals surface area contributed by atoms with Gasteiger partial charge in [0.15, 0.2) is 23.5 Å². The Morgan fingerprint density at radius 1 is 1.27 bits per heavy atom. The van der Waals surface area contributed by atoms with E-state index in [9.17, 15) is 4.79 Å². The second-order valence-corrected chi connectivity index (χ2v) is 10.1. The lowest BCUT2D eigenvalue weighted by atomic mass is 10.1. The normalized spacial score (nSPS) is 27.6. The maximum Gasteiger partial charge on any atom is 0.309 e. The van der Waals surface area contributed by atoms with Crippen molar-refractivity contribution < 1.29 is 23.7 Å². The van der Waals surface area contributed by atoms with Gasteiger partial charge >= 0.3 is 5.97 Å². The van der Waals surface area contributed by atoms with Gasteiger partial charge in [-0.1, -0.05) is 6.92 Å². The number of esters is 1. The molecule has 33 heavy (non-hydrogen) atoms. The number of nitrogens with zero attached hydrogens (tertiary/aromatic N) is 4. The number of rotatable bonds is 7. The molecule has 11 nitrogen and oxygen atoms in total. The van der Waals surface area contributed by atoms with Gasteiger partial charge in [0, 0.05) is 6.54 Å². The van der Waals surface area contributed by atoms with Crippen molar-refractivity contribution in [1.29, 1.82) is 0 Å². The van der Waals surface area contributed by atoms with Crippen LogP contribution in [0.2, 0.25) is 0 Å². The van der Waals surface area contributed by atoms with E-state index in [1.807, 2.05) is 46.1 Å². The molecule has 0 spiro atoms. The van der Waals surface area contributed by atoms with E-state index in [1.54, 1.807) is 6.33 Å². The van der Waals surface area contributed by atoms with Crippen molar-refractivity contribution in [2.24, 2.45) is 5.92 Å². The minimum Gasteiger partial charge on any atom is -0.460 e. The summed E-state index contributed by atoms with van der Waals surface area (Å²) in [7, 11) is 0. The van der Waals surface area contributed by atoms with Gasteiger partial charge in [0.2, 0.25) is 0 Å². The molecule has 0 aliphatic carbocycles. The highest BCUT2D eigenvalue weighted by molar-refractivity contribution is 5.81. The molecule has 2 aromatic rings. The van der Waals surface area contributed by atoms with Crippen molar-refractivity contribution in [3.05, 3.63) is 12.7 Å². The molecule has 2 aliphatic heterocycles. The average molecular weight is 463 g/mol. The number of carbonyl (C=O) groups excluding carboxylic acids is 1. The Hall–Kier alpha value is -2.34. The number of anilines is 1. The first-order valence-electron chi connectivity index (χ1n) is 11.3. The Morgan fingerprint density at radius 2 is 2.00 bits per heavy atom. The van der Waals surface area contributed by atoms with Crippen LogP contribution in [0.25, 0.3) is 11.2 Å². The van der Waals surface area contributed by atoms with Crippen LogP contribution in [0.5, 0.6) is 0 Å². The topological polar surface area (TPSA) is 136 Å². The number of nitrogen functional groups attached to an aromatic ring is 1. The molecule has 2 aromatic heterocycles. The first kappa shape index (κ1) is 23.8. The summed E-state index contributed by atoms with van der Waals surface area (Å²) >= 11 is 0. The molecule has 182 valence electrons. The van der Waals surface area contributed by atoms with Crippen molar-refractivity contribution in [2.75, 3.05) is 18.8 Å². The van der Waals surface area contributed by atoms with E-state index in [4.69, 9.17) is 24.7 Å². The number of aromatic nitrogens is 4. The smallest absolute Gasteiger partial charge is 0.309 e. The van der Waals surface area contributed by atoms with Crippen LogP contribution in [0.3, 0.4) is 0 Å². The SMILES string of the molecule is C[C@@H](CCNC[C@H]1O[C@@H](n2cnc3c(N)ncnc32)[C@@H]2OC(C)(C)O[C@@H]21)C(=O)OC(C)(C)C. The Labute approximate surface area is 193 Å². The van der Waals surface area contributed by atoms with Crippen molar-refractivity contribution in [2.45, 2.75) is 83.9 Å². The number of nitrogens with two attached hydrogens (primary N) is 1. The third-order valence-corrected chi connectivity index (χ3v) is 5.70. The lowest BCUT2D eigenvalue weighted by Gasteiger charge is -2.25. The zero-order valence-electron chi connectivity index (χ0n) is 20.1. The summed E-state index contributed by atoms with van der Waals surface area (Å²) < 4.78 is 26.0. The minimum atomic E-state index is -0.731. The largest absolute Gasteiger partial charge is 0.460 e. The molecule has 2 aliphatic rings. The van der Waals surface area contributed by atoms with Crippen LogP contribution in [-0.4, -0.2) is 68.3 Å². The summed E-state index contributed by atoms with van der Waals surface area (Å²) in [5.74, 6) is -0.807. The second-order valence-electron chi connectivity index (χ2n) is 10.1.